The van der Waals surface area contributed by atoms with Gasteiger partial charge in [0.15, 0.2) is 15.0 Å². The van der Waals surface area contributed by atoms with Crippen LogP contribution >= 0.6 is 11.3 Å². The third kappa shape index (κ3) is 2.23. The van der Waals surface area contributed by atoms with Crippen LogP contribution in [0.25, 0.3) is 11.3 Å². The van der Waals surface area contributed by atoms with Gasteiger partial charge >= 0.3 is 0 Å². The second kappa shape index (κ2) is 4.66. The second-order valence-electron chi connectivity index (χ2n) is 3.57. The highest BCUT2D eigenvalue weighted by atomic mass is 32.2. The van der Waals surface area contributed by atoms with Crippen molar-refractivity contribution in [2.45, 2.75) is 11.1 Å². The smallest absolute Gasteiger partial charge is 0.189 e. The van der Waals surface area contributed by atoms with Gasteiger partial charge in [-0.1, -0.05) is 30.4 Å². The van der Waals surface area contributed by atoms with Gasteiger partial charge in [0.05, 0.1) is 5.75 Å². The molecule has 0 saturated heterocycles. The first-order chi connectivity index (χ1) is 8.45. The molecule has 1 aromatic carbocycles. The van der Waals surface area contributed by atoms with E-state index in [1.54, 1.807) is 6.07 Å². The summed E-state index contributed by atoms with van der Waals surface area (Å²) in [6.45, 7) is 1.52. The van der Waals surface area contributed by atoms with Crippen molar-refractivity contribution < 1.29 is 12.8 Å². The zero-order chi connectivity index (χ0) is 13.3. The van der Waals surface area contributed by atoms with Crippen molar-refractivity contribution in [2.75, 3.05) is 11.5 Å². The summed E-state index contributed by atoms with van der Waals surface area (Å²) >= 11 is 0.861. The van der Waals surface area contributed by atoms with Crippen molar-refractivity contribution >= 4 is 26.3 Å². The standard InChI is InChI=1S/C11H11FN2O2S2/c1-2-18(15,16)10-9(14-11(13)17-10)7-5-3-4-6-8(7)12/h3-6H,2H2,1H3,(H2,13,14). The molecule has 2 N–H and O–H groups in total. The van der Waals surface area contributed by atoms with Crippen LogP contribution in [0.4, 0.5) is 9.52 Å². The van der Waals surface area contributed by atoms with Gasteiger partial charge in [0.25, 0.3) is 0 Å². The van der Waals surface area contributed by atoms with Crippen molar-refractivity contribution in [1.82, 2.24) is 4.98 Å². The van der Waals surface area contributed by atoms with Gasteiger partial charge in [-0.3, -0.25) is 0 Å². The molecule has 2 rings (SSSR count). The third-order valence-corrected chi connectivity index (χ3v) is 5.61. The summed E-state index contributed by atoms with van der Waals surface area (Å²) in [6, 6.07) is 5.89. The van der Waals surface area contributed by atoms with Crippen LogP contribution in [0, 0.1) is 5.82 Å². The number of hydrogen-bond acceptors (Lipinski definition) is 5. The molecule has 1 aromatic heterocycles. The van der Waals surface area contributed by atoms with Crippen LogP contribution in [-0.2, 0) is 9.84 Å². The molecule has 1 heterocycles. The van der Waals surface area contributed by atoms with E-state index in [0.717, 1.165) is 11.3 Å². The molecule has 0 bridgehead atoms. The maximum atomic E-state index is 13.7. The highest BCUT2D eigenvalue weighted by Crippen LogP contribution is 2.35. The number of nitrogen functional groups attached to an aromatic ring is 1. The lowest BCUT2D eigenvalue weighted by molar-refractivity contribution is 0.599. The Bertz CT molecular complexity index is 680. The van der Waals surface area contributed by atoms with E-state index in [4.69, 9.17) is 5.73 Å². The molecule has 0 aliphatic heterocycles. The molecule has 0 saturated carbocycles. The topological polar surface area (TPSA) is 73.0 Å². The Labute approximate surface area is 108 Å². The SMILES string of the molecule is CCS(=O)(=O)c1sc(N)nc1-c1ccccc1F. The summed E-state index contributed by atoms with van der Waals surface area (Å²) in [7, 11) is -3.46. The van der Waals surface area contributed by atoms with Gasteiger partial charge < -0.3 is 5.73 Å². The van der Waals surface area contributed by atoms with E-state index < -0.39 is 15.7 Å². The number of aromatic nitrogens is 1. The molecule has 0 amide bonds. The van der Waals surface area contributed by atoms with Gasteiger partial charge in [-0.25, -0.2) is 17.8 Å². The quantitative estimate of drug-likeness (QED) is 0.939. The number of benzene rings is 1. The van der Waals surface area contributed by atoms with Crippen molar-refractivity contribution in [3.63, 3.8) is 0 Å². The van der Waals surface area contributed by atoms with E-state index in [0.29, 0.717) is 0 Å². The number of nitrogens with zero attached hydrogens (tertiary/aromatic N) is 1. The van der Waals surface area contributed by atoms with E-state index in [9.17, 15) is 12.8 Å². The largest absolute Gasteiger partial charge is 0.375 e. The molecular formula is C11H11FN2O2S2. The molecule has 0 aliphatic carbocycles. The third-order valence-electron chi connectivity index (χ3n) is 2.40. The Kier molecular flexibility index (Phi) is 3.36. The van der Waals surface area contributed by atoms with E-state index in [1.807, 2.05) is 0 Å². The normalized spacial score (nSPS) is 11.7. The molecule has 4 nitrogen and oxygen atoms in total. The number of hydrogen-bond donors (Lipinski definition) is 1. The van der Waals surface area contributed by atoms with E-state index in [-0.39, 0.29) is 26.4 Å². The van der Waals surface area contributed by atoms with Gasteiger partial charge in [-0.05, 0) is 12.1 Å². The molecule has 0 unspecified atom stereocenters. The first-order valence-corrected chi connectivity index (χ1v) is 7.66. The Balaban J connectivity index is 2.70. The number of thiazole rings is 1. The summed E-state index contributed by atoms with van der Waals surface area (Å²) in [5.41, 5.74) is 5.78. The molecule has 18 heavy (non-hydrogen) atoms. The number of halogens is 1. The predicted octanol–water partition coefficient (Wildman–Crippen LogP) is 2.33. The minimum absolute atomic E-state index is 0.0209. The predicted molar refractivity (Wildman–Crippen MR) is 69.6 cm³/mol. The Morgan fingerprint density at radius 2 is 2.06 bits per heavy atom. The maximum absolute atomic E-state index is 13.7. The Morgan fingerprint density at radius 1 is 1.39 bits per heavy atom. The van der Waals surface area contributed by atoms with Crippen molar-refractivity contribution in [1.29, 1.82) is 0 Å². The van der Waals surface area contributed by atoms with Gasteiger partial charge in [-0.15, -0.1) is 0 Å². The number of nitrogens with two attached hydrogens (primary N) is 1. The second-order valence-corrected chi connectivity index (χ2v) is 7.08. The van der Waals surface area contributed by atoms with Gasteiger partial charge in [0.1, 0.15) is 15.7 Å². The minimum atomic E-state index is -3.46. The van der Waals surface area contributed by atoms with Gasteiger partial charge in [-0.2, -0.15) is 0 Å². The molecule has 0 fully saturated rings. The average molecular weight is 286 g/mol. The molecule has 0 aliphatic rings. The van der Waals surface area contributed by atoms with Crippen molar-refractivity contribution in [2.24, 2.45) is 0 Å². The van der Waals surface area contributed by atoms with Crippen LogP contribution < -0.4 is 5.73 Å². The molecular weight excluding hydrogens is 275 g/mol. The summed E-state index contributed by atoms with van der Waals surface area (Å²) in [5.74, 6) is -0.592. The molecule has 0 atom stereocenters. The fraction of sp³-hybridized carbons (Fsp3) is 0.182. The number of rotatable bonds is 3. The van der Waals surface area contributed by atoms with E-state index in [2.05, 4.69) is 4.98 Å². The van der Waals surface area contributed by atoms with E-state index in [1.165, 1.54) is 25.1 Å². The molecule has 0 radical (unpaired) electrons. The number of anilines is 1. The van der Waals surface area contributed by atoms with Crippen LogP contribution in [0.15, 0.2) is 28.5 Å². The van der Waals surface area contributed by atoms with Crippen LogP contribution in [-0.4, -0.2) is 19.2 Å². The Hall–Kier alpha value is -1.47. The van der Waals surface area contributed by atoms with Gasteiger partial charge in [0.2, 0.25) is 0 Å². The molecule has 96 valence electrons. The van der Waals surface area contributed by atoms with Gasteiger partial charge in [0, 0.05) is 5.56 Å². The van der Waals surface area contributed by atoms with Crippen LogP contribution in [0.3, 0.4) is 0 Å². The van der Waals surface area contributed by atoms with E-state index >= 15 is 0 Å². The lowest BCUT2D eigenvalue weighted by Gasteiger charge is -2.03. The number of sulfone groups is 1. The fourth-order valence-electron chi connectivity index (χ4n) is 1.49. The highest BCUT2D eigenvalue weighted by Gasteiger charge is 2.24. The summed E-state index contributed by atoms with van der Waals surface area (Å²) in [4.78, 5) is 3.93. The summed E-state index contributed by atoms with van der Waals surface area (Å²) < 4.78 is 37.5. The van der Waals surface area contributed by atoms with Crippen LogP contribution in [0.5, 0.6) is 0 Å². The Morgan fingerprint density at radius 3 is 2.67 bits per heavy atom. The molecule has 7 heteroatoms. The fourth-order valence-corrected chi connectivity index (χ4v) is 3.90. The zero-order valence-electron chi connectivity index (χ0n) is 9.55. The summed E-state index contributed by atoms with van der Waals surface area (Å²) in [5, 5.41) is 0.111. The van der Waals surface area contributed by atoms with Crippen molar-refractivity contribution in [3.05, 3.63) is 30.1 Å². The van der Waals surface area contributed by atoms with Crippen LogP contribution in [0.1, 0.15) is 6.92 Å². The highest BCUT2D eigenvalue weighted by molar-refractivity contribution is 7.93. The lowest BCUT2D eigenvalue weighted by atomic mass is 10.2. The minimum Gasteiger partial charge on any atom is -0.375 e. The first kappa shape index (κ1) is 13.0. The van der Waals surface area contributed by atoms with Crippen LogP contribution in [0.2, 0.25) is 0 Å². The molecule has 2 aromatic rings. The molecule has 0 spiro atoms. The lowest BCUT2D eigenvalue weighted by Crippen LogP contribution is -2.03. The maximum Gasteiger partial charge on any atom is 0.189 e. The van der Waals surface area contributed by atoms with Crippen molar-refractivity contribution in [3.8, 4) is 11.3 Å². The zero-order valence-corrected chi connectivity index (χ0v) is 11.2. The summed E-state index contributed by atoms with van der Waals surface area (Å²) in [6.07, 6.45) is 0. The monoisotopic (exact) mass is 286 g/mol. The average Bonchev–Trinajstić information content (AvgIpc) is 2.72. The first-order valence-electron chi connectivity index (χ1n) is 5.19.